The van der Waals surface area contributed by atoms with E-state index in [1.165, 1.54) is 53.1 Å². The summed E-state index contributed by atoms with van der Waals surface area (Å²) in [6, 6.07) is 3.99. The van der Waals surface area contributed by atoms with Crippen LogP contribution in [-0.2, 0) is 9.59 Å². The monoisotopic (exact) mass is 482 g/mol. The number of ether oxygens (including phenoxy) is 1. The predicted octanol–water partition coefficient (Wildman–Crippen LogP) is 4.14. The van der Waals surface area contributed by atoms with Gasteiger partial charge in [0.1, 0.15) is 5.75 Å². The van der Waals surface area contributed by atoms with Gasteiger partial charge in [0.25, 0.3) is 0 Å². The number of carbonyl (C=O) groups is 2. The molecule has 0 aliphatic rings. The van der Waals surface area contributed by atoms with E-state index in [2.05, 4.69) is 25.6 Å². The number of hydrogen-bond acceptors (Lipinski definition) is 8. The van der Waals surface area contributed by atoms with Gasteiger partial charge in [-0.25, -0.2) is 0 Å². The highest BCUT2D eigenvalue weighted by Gasteiger charge is 2.12. The van der Waals surface area contributed by atoms with E-state index >= 15 is 0 Å². The Morgan fingerprint density at radius 2 is 1.86 bits per heavy atom. The fourth-order valence-electron chi connectivity index (χ4n) is 1.85. The summed E-state index contributed by atoms with van der Waals surface area (Å²) in [6.07, 6.45) is 0.873. The molecule has 0 radical (unpaired) electrons. The minimum atomic E-state index is -2.98. The summed E-state index contributed by atoms with van der Waals surface area (Å²) >= 11 is 9.62. The molecule has 1 aromatic heterocycles. The van der Waals surface area contributed by atoms with E-state index in [1.54, 1.807) is 0 Å². The minimum absolute atomic E-state index is 0.0375. The summed E-state index contributed by atoms with van der Waals surface area (Å²) in [5.74, 6) is -0.229. The van der Waals surface area contributed by atoms with E-state index in [4.69, 9.17) is 11.6 Å². The number of nitrogens with zero attached hydrogens (tertiary/aromatic N) is 2. The number of anilines is 1. The van der Waals surface area contributed by atoms with Crippen molar-refractivity contribution in [3.05, 3.63) is 23.2 Å². The van der Waals surface area contributed by atoms with Crippen molar-refractivity contribution in [2.45, 2.75) is 28.6 Å². The highest BCUT2D eigenvalue weighted by Crippen LogP contribution is 2.30. The van der Waals surface area contributed by atoms with Gasteiger partial charge in [0.05, 0.1) is 16.5 Å². The van der Waals surface area contributed by atoms with Gasteiger partial charge in [0, 0.05) is 12.2 Å². The van der Waals surface area contributed by atoms with Crippen molar-refractivity contribution >= 4 is 64.0 Å². The molecule has 158 valence electrons. The number of nitrogens with one attached hydrogen (secondary N) is 2. The lowest BCUT2D eigenvalue weighted by Gasteiger charge is -2.09. The van der Waals surface area contributed by atoms with Crippen LogP contribution in [0.2, 0.25) is 5.02 Å². The molecule has 0 saturated carbocycles. The molecular formula is C16H17ClF2N4O3S3. The van der Waals surface area contributed by atoms with E-state index < -0.39 is 6.61 Å². The van der Waals surface area contributed by atoms with Crippen LogP contribution >= 0.6 is 46.5 Å². The van der Waals surface area contributed by atoms with E-state index in [1.807, 2.05) is 6.92 Å². The van der Waals surface area contributed by atoms with E-state index in [0.29, 0.717) is 20.9 Å². The fraction of sp³-hybridized carbons (Fsp3) is 0.375. The third-order valence-electron chi connectivity index (χ3n) is 3.05. The Morgan fingerprint density at radius 3 is 2.45 bits per heavy atom. The zero-order chi connectivity index (χ0) is 21.2. The summed E-state index contributed by atoms with van der Waals surface area (Å²) in [4.78, 5) is 23.6. The Hall–Kier alpha value is -1.63. The van der Waals surface area contributed by atoms with Crippen LogP contribution in [0.3, 0.4) is 0 Å². The Bertz CT molecular complexity index is 841. The fourth-order valence-corrected chi connectivity index (χ4v) is 4.73. The van der Waals surface area contributed by atoms with Gasteiger partial charge in [-0.3, -0.25) is 9.59 Å². The Kier molecular flexibility index (Phi) is 9.91. The summed E-state index contributed by atoms with van der Waals surface area (Å²) in [5, 5.41) is 13.3. The van der Waals surface area contributed by atoms with Crippen LogP contribution in [0.5, 0.6) is 5.75 Å². The van der Waals surface area contributed by atoms with Crippen LogP contribution in [-0.4, -0.2) is 46.7 Å². The third kappa shape index (κ3) is 8.72. The molecule has 0 bridgehead atoms. The highest BCUT2D eigenvalue weighted by atomic mass is 35.5. The van der Waals surface area contributed by atoms with E-state index in [-0.39, 0.29) is 34.1 Å². The van der Waals surface area contributed by atoms with Gasteiger partial charge < -0.3 is 15.4 Å². The van der Waals surface area contributed by atoms with Crippen LogP contribution < -0.4 is 15.4 Å². The van der Waals surface area contributed by atoms with Gasteiger partial charge >= 0.3 is 6.61 Å². The molecule has 2 rings (SSSR count). The molecule has 0 saturated heterocycles. The van der Waals surface area contributed by atoms with Crippen molar-refractivity contribution in [2.75, 3.05) is 23.4 Å². The first-order valence-electron chi connectivity index (χ1n) is 8.27. The molecule has 2 N–H and O–H groups in total. The first-order valence-corrected chi connectivity index (χ1v) is 11.4. The standard InChI is InChI=1S/C16H17ClF2N4O3S3/c1-2-5-20-12(24)7-27-15-22-23-16(29-15)28-8-13(25)21-9-3-4-11(10(17)6-9)26-14(18)19/h3-4,6,14H,2,5,7-8H2,1H3,(H,20,24)(H,21,25). The van der Waals surface area contributed by atoms with Crippen molar-refractivity contribution in [1.82, 2.24) is 15.5 Å². The lowest BCUT2D eigenvalue weighted by Crippen LogP contribution is -2.25. The molecular weight excluding hydrogens is 466 g/mol. The minimum Gasteiger partial charge on any atom is -0.433 e. The average Bonchev–Trinajstić information content (AvgIpc) is 3.13. The molecule has 0 fully saturated rings. The number of aromatic nitrogens is 2. The van der Waals surface area contributed by atoms with Crippen LogP contribution in [0.25, 0.3) is 0 Å². The molecule has 0 aliphatic heterocycles. The lowest BCUT2D eigenvalue weighted by atomic mass is 10.3. The topological polar surface area (TPSA) is 93.2 Å². The second-order valence-corrected chi connectivity index (χ2v) is 9.16. The average molecular weight is 483 g/mol. The first-order chi connectivity index (χ1) is 13.9. The Morgan fingerprint density at radius 1 is 1.21 bits per heavy atom. The summed E-state index contributed by atoms with van der Waals surface area (Å²) in [6.45, 7) is -0.368. The number of halogens is 3. The van der Waals surface area contributed by atoms with Crippen molar-refractivity contribution in [2.24, 2.45) is 0 Å². The number of hydrogen-bond donors (Lipinski definition) is 2. The van der Waals surface area contributed by atoms with Gasteiger partial charge in [-0.2, -0.15) is 8.78 Å². The first kappa shape index (κ1) is 23.6. The molecule has 1 aromatic carbocycles. The summed E-state index contributed by atoms with van der Waals surface area (Å²) in [5.41, 5.74) is 0.355. The van der Waals surface area contributed by atoms with Crippen molar-refractivity contribution in [3.63, 3.8) is 0 Å². The maximum atomic E-state index is 12.2. The van der Waals surface area contributed by atoms with Crippen molar-refractivity contribution in [3.8, 4) is 5.75 Å². The predicted molar refractivity (Wildman–Crippen MR) is 111 cm³/mol. The number of thioether (sulfide) groups is 2. The molecule has 29 heavy (non-hydrogen) atoms. The van der Waals surface area contributed by atoms with Crippen LogP contribution in [0.15, 0.2) is 26.9 Å². The highest BCUT2D eigenvalue weighted by molar-refractivity contribution is 8.03. The van der Waals surface area contributed by atoms with Gasteiger partial charge in [-0.05, 0) is 24.6 Å². The molecule has 0 unspecified atom stereocenters. The Labute approximate surface area is 183 Å². The van der Waals surface area contributed by atoms with Gasteiger partial charge in [-0.15, -0.1) is 10.2 Å². The van der Waals surface area contributed by atoms with Crippen molar-refractivity contribution in [1.29, 1.82) is 0 Å². The normalized spacial score (nSPS) is 10.8. The SMILES string of the molecule is CCCNC(=O)CSc1nnc(SCC(=O)Nc2ccc(OC(F)F)c(Cl)c2)s1. The van der Waals surface area contributed by atoms with E-state index in [9.17, 15) is 18.4 Å². The van der Waals surface area contributed by atoms with Gasteiger partial charge in [0.2, 0.25) is 11.8 Å². The third-order valence-corrected chi connectivity index (χ3v) is 6.53. The molecule has 0 atom stereocenters. The number of carbonyl (C=O) groups excluding carboxylic acids is 2. The second kappa shape index (κ2) is 12.2. The zero-order valence-corrected chi connectivity index (χ0v) is 18.3. The number of rotatable bonds is 11. The second-order valence-electron chi connectivity index (χ2n) is 5.33. The molecule has 0 aliphatic carbocycles. The number of alkyl halides is 2. The molecule has 1 heterocycles. The largest absolute Gasteiger partial charge is 0.433 e. The van der Waals surface area contributed by atoms with Gasteiger partial charge in [-0.1, -0.05) is 53.4 Å². The maximum absolute atomic E-state index is 12.2. The molecule has 2 aromatic rings. The summed E-state index contributed by atoms with van der Waals surface area (Å²) < 4.78 is 29.9. The van der Waals surface area contributed by atoms with Crippen LogP contribution in [0, 0.1) is 0 Å². The summed E-state index contributed by atoms with van der Waals surface area (Å²) in [7, 11) is 0. The number of amides is 2. The number of benzene rings is 1. The molecule has 2 amide bonds. The molecule has 13 heteroatoms. The maximum Gasteiger partial charge on any atom is 0.387 e. The zero-order valence-electron chi connectivity index (χ0n) is 15.1. The molecule has 7 nitrogen and oxygen atoms in total. The van der Waals surface area contributed by atoms with E-state index in [0.717, 1.165) is 6.42 Å². The van der Waals surface area contributed by atoms with Crippen LogP contribution in [0.4, 0.5) is 14.5 Å². The van der Waals surface area contributed by atoms with Crippen molar-refractivity contribution < 1.29 is 23.1 Å². The van der Waals surface area contributed by atoms with Crippen LogP contribution in [0.1, 0.15) is 13.3 Å². The Balaban J connectivity index is 1.77. The quantitative estimate of drug-likeness (QED) is 0.465. The smallest absolute Gasteiger partial charge is 0.387 e. The lowest BCUT2D eigenvalue weighted by molar-refractivity contribution is -0.118. The van der Waals surface area contributed by atoms with Gasteiger partial charge in [0.15, 0.2) is 8.68 Å². The molecule has 0 spiro atoms.